The van der Waals surface area contributed by atoms with Gasteiger partial charge in [-0.05, 0) is 12.5 Å². The van der Waals surface area contributed by atoms with Gasteiger partial charge < -0.3 is 5.11 Å². The molecule has 3 nitrogen and oxygen atoms in total. The van der Waals surface area contributed by atoms with Gasteiger partial charge in [0.2, 0.25) is 0 Å². The summed E-state index contributed by atoms with van der Waals surface area (Å²) in [7, 11) is 0. The molecule has 0 radical (unpaired) electrons. The molecule has 2 aromatic rings. The van der Waals surface area contributed by atoms with Crippen LogP contribution in [0.15, 0.2) is 43.0 Å². The summed E-state index contributed by atoms with van der Waals surface area (Å²) < 4.78 is 0. The molecule has 1 aromatic carbocycles. The zero-order valence-corrected chi connectivity index (χ0v) is 9.17. The Labute approximate surface area is 94.8 Å². The van der Waals surface area contributed by atoms with Crippen molar-refractivity contribution in [1.29, 1.82) is 0 Å². The molecule has 0 aliphatic heterocycles. The van der Waals surface area contributed by atoms with Crippen LogP contribution in [0.4, 0.5) is 0 Å². The van der Waals surface area contributed by atoms with E-state index in [1.165, 1.54) is 11.9 Å². The molecule has 1 unspecified atom stereocenters. The summed E-state index contributed by atoms with van der Waals surface area (Å²) in [5.41, 5.74) is 3.09. The minimum atomic E-state index is -0.538. The van der Waals surface area contributed by atoms with Crippen LogP contribution in [0.25, 0.3) is 0 Å². The fourth-order valence-electron chi connectivity index (χ4n) is 1.55. The molecular weight excluding hydrogens is 200 g/mol. The molecule has 1 atom stereocenters. The van der Waals surface area contributed by atoms with Crippen LogP contribution in [0.2, 0.25) is 0 Å². The van der Waals surface area contributed by atoms with Crippen molar-refractivity contribution in [1.82, 2.24) is 9.97 Å². The van der Waals surface area contributed by atoms with Gasteiger partial charge in [0.25, 0.3) is 0 Å². The molecule has 1 aromatic heterocycles. The van der Waals surface area contributed by atoms with Crippen molar-refractivity contribution < 1.29 is 5.11 Å². The van der Waals surface area contributed by atoms with E-state index in [0.717, 1.165) is 11.1 Å². The molecule has 2 rings (SSSR count). The zero-order chi connectivity index (χ0) is 11.4. The average Bonchev–Trinajstić information content (AvgIpc) is 2.33. The standard InChI is InChI=1S/C13H14N2O/c1-10-2-4-11(5-3-10)6-13(16)12-7-14-9-15-8-12/h2-5,7-9,13,16H,6H2,1H3. The summed E-state index contributed by atoms with van der Waals surface area (Å²) in [4.78, 5) is 7.78. The third kappa shape index (κ3) is 2.64. The smallest absolute Gasteiger partial charge is 0.115 e. The number of benzene rings is 1. The summed E-state index contributed by atoms with van der Waals surface area (Å²) in [6, 6.07) is 8.15. The highest BCUT2D eigenvalue weighted by Gasteiger charge is 2.08. The summed E-state index contributed by atoms with van der Waals surface area (Å²) >= 11 is 0. The largest absolute Gasteiger partial charge is 0.388 e. The minimum absolute atomic E-state index is 0.538. The molecule has 16 heavy (non-hydrogen) atoms. The molecule has 0 aliphatic carbocycles. The van der Waals surface area contributed by atoms with E-state index in [1.807, 2.05) is 31.2 Å². The Bertz CT molecular complexity index is 439. The quantitative estimate of drug-likeness (QED) is 0.850. The lowest BCUT2D eigenvalue weighted by atomic mass is 10.0. The Morgan fingerprint density at radius 3 is 2.38 bits per heavy atom. The van der Waals surface area contributed by atoms with Crippen molar-refractivity contribution >= 4 is 0 Å². The van der Waals surface area contributed by atoms with Gasteiger partial charge in [-0.25, -0.2) is 9.97 Å². The van der Waals surface area contributed by atoms with Gasteiger partial charge >= 0.3 is 0 Å². The monoisotopic (exact) mass is 214 g/mol. The first-order valence-corrected chi connectivity index (χ1v) is 5.24. The lowest BCUT2D eigenvalue weighted by molar-refractivity contribution is 0.177. The number of hydrogen-bond donors (Lipinski definition) is 1. The van der Waals surface area contributed by atoms with E-state index in [-0.39, 0.29) is 0 Å². The van der Waals surface area contributed by atoms with E-state index in [4.69, 9.17) is 0 Å². The molecule has 0 spiro atoms. The van der Waals surface area contributed by atoms with E-state index in [9.17, 15) is 5.11 Å². The number of aryl methyl sites for hydroxylation is 1. The fraction of sp³-hybridized carbons (Fsp3) is 0.231. The van der Waals surface area contributed by atoms with Crippen molar-refractivity contribution in [2.45, 2.75) is 19.4 Å². The minimum Gasteiger partial charge on any atom is -0.388 e. The van der Waals surface area contributed by atoms with Gasteiger partial charge in [-0.3, -0.25) is 0 Å². The Kier molecular flexibility index (Phi) is 3.27. The summed E-state index contributed by atoms with van der Waals surface area (Å²) in [5.74, 6) is 0. The summed E-state index contributed by atoms with van der Waals surface area (Å²) in [5, 5.41) is 9.96. The number of rotatable bonds is 3. The van der Waals surface area contributed by atoms with Crippen LogP contribution < -0.4 is 0 Å². The molecule has 82 valence electrons. The van der Waals surface area contributed by atoms with E-state index in [2.05, 4.69) is 9.97 Å². The number of aromatic nitrogens is 2. The highest BCUT2D eigenvalue weighted by Crippen LogP contribution is 2.16. The predicted molar refractivity (Wildman–Crippen MR) is 61.9 cm³/mol. The van der Waals surface area contributed by atoms with Crippen LogP contribution in [0, 0.1) is 6.92 Å². The molecule has 3 heteroatoms. The Morgan fingerprint density at radius 2 is 1.75 bits per heavy atom. The first kappa shape index (κ1) is 10.8. The van der Waals surface area contributed by atoms with Gasteiger partial charge in [-0.15, -0.1) is 0 Å². The first-order valence-electron chi connectivity index (χ1n) is 5.24. The van der Waals surface area contributed by atoms with Crippen molar-refractivity contribution in [3.8, 4) is 0 Å². The summed E-state index contributed by atoms with van der Waals surface area (Å²) in [6.07, 6.45) is 4.80. The van der Waals surface area contributed by atoms with Crippen LogP contribution in [-0.2, 0) is 6.42 Å². The first-order chi connectivity index (χ1) is 7.75. The van der Waals surface area contributed by atoms with Crippen LogP contribution in [0.1, 0.15) is 22.8 Å². The molecule has 1 N–H and O–H groups in total. The van der Waals surface area contributed by atoms with E-state index in [1.54, 1.807) is 12.4 Å². The maximum Gasteiger partial charge on any atom is 0.115 e. The molecule has 0 saturated heterocycles. The van der Waals surface area contributed by atoms with Crippen molar-refractivity contribution in [2.24, 2.45) is 0 Å². The van der Waals surface area contributed by atoms with E-state index in [0.29, 0.717) is 6.42 Å². The molecule has 0 amide bonds. The van der Waals surface area contributed by atoms with Crippen molar-refractivity contribution in [3.05, 3.63) is 59.7 Å². The fourth-order valence-corrected chi connectivity index (χ4v) is 1.55. The van der Waals surface area contributed by atoms with Crippen LogP contribution in [0.3, 0.4) is 0 Å². The van der Waals surface area contributed by atoms with Gasteiger partial charge in [0.1, 0.15) is 6.33 Å². The van der Waals surface area contributed by atoms with Gasteiger partial charge in [0.15, 0.2) is 0 Å². The molecule has 1 heterocycles. The lowest BCUT2D eigenvalue weighted by Gasteiger charge is -2.09. The normalized spacial score (nSPS) is 12.4. The third-order valence-electron chi connectivity index (χ3n) is 2.51. The second-order valence-electron chi connectivity index (χ2n) is 3.88. The lowest BCUT2D eigenvalue weighted by Crippen LogP contribution is -2.02. The van der Waals surface area contributed by atoms with Gasteiger partial charge in [0.05, 0.1) is 6.10 Å². The second kappa shape index (κ2) is 4.86. The topological polar surface area (TPSA) is 46.0 Å². The zero-order valence-electron chi connectivity index (χ0n) is 9.17. The van der Waals surface area contributed by atoms with E-state index < -0.39 is 6.10 Å². The van der Waals surface area contributed by atoms with Gasteiger partial charge in [-0.2, -0.15) is 0 Å². The predicted octanol–water partition coefficient (Wildman–Crippen LogP) is 2.06. The second-order valence-corrected chi connectivity index (χ2v) is 3.88. The van der Waals surface area contributed by atoms with Gasteiger partial charge in [0, 0.05) is 24.4 Å². The highest BCUT2D eigenvalue weighted by molar-refractivity contribution is 5.23. The number of nitrogens with zero attached hydrogens (tertiary/aromatic N) is 2. The maximum atomic E-state index is 9.96. The SMILES string of the molecule is Cc1ccc(CC(O)c2cncnc2)cc1. The molecule has 0 saturated carbocycles. The van der Waals surface area contributed by atoms with Crippen molar-refractivity contribution in [3.63, 3.8) is 0 Å². The number of aliphatic hydroxyl groups excluding tert-OH is 1. The Hall–Kier alpha value is -1.74. The van der Waals surface area contributed by atoms with Crippen LogP contribution >= 0.6 is 0 Å². The number of hydrogen-bond acceptors (Lipinski definition) is 3. The van der Waals surface area contributed by atoms with E-state index >= 15 is 0 Å². The Balaban J connectivity index is 2.08. The average molecular weight is 214 g/mol. The molecule has 0 aliphatic rings. The Morgan fingerprint density at radius 1 is 1.12 bits per heavy atom. The third-order valence-corrected chi connectivity index (χ3v) is 2.51. The van der Waals surface area contributed by atoms with Gasteiger partial charge in [-0.1, -0.05) is 29.8 Å². The molecule has 0 bridgehead atoms. The molecule has 0 fully saturated rings. The highest BCUT2D eigenvalue weighted by atomic mass is 16.3. The van der Waals surface area contributed by atoms with Crippen LogP contribution in [-0.4, -0.2) is 15.1 Å². The maximum absolute atomic E-state index is 9.96. The summed E-state index contributed by atoms with van der Waals surface area (Å²) in [6.45, 7) is 2.05. The number of aliphatic hydroxyl groups is 1. The van der Waals surface area contributed by atoms with Crippen LogP contribution in [0.5, 0.6) is 0 Å². The van der Waals surface area contributed by atoms with Crippen molar-refractivity contribution in [2.75, 3.05) is 0 Å². The molecular formula is C13H14N2O.